The van der Waals surface area contributed by atoms with Crippen molar-refractivity contribution in [3.63, 3.8) is 0 Å². The molecule has 0 atom stereocenters. The number of halogens is 1. The Labute approximate surface area is 180 Å². The van der Waals surface area contributed by atoms with Gasteiger partial charge in [0, 0.05) is 27.8 Å². The van der Waals surface area contributed by atoms with E-state index in [1.54, 1.807) is 4.90 Å². The van der Waals surface area contributed by atoms with Crippen molar-refractivity contribution in [2.75, 3.05) is 13.1 Å². The monoisotopic (exact) mass is 460 g/mol. The predicted molar refractivity (Wildman–Crippen MR) is 117 cm³/mol. The van der Waals surface area contributed by atoms with E-state index >= 15 is 0 Å². The second-order valence-corrected chi connectivity index (χ2v) is 9.41. The van der Waals surface area contributed by atoms with Gasteiger partial charge in [0.2, 0.25) is 5.91 Å². The summed E-state index contributed by atoms with van der Waals surface area (Å²) in [6.07, 6.45) is 3.88. The molecule has 156 valence electrons. The summed E-state index contributed by atoms with van der Waals surface area (Å²) in [5, 5.41) is 7.65. The fraction of sp³-hybridized carbons (Fsp3) is 0.500. The van der Waals surface area contributed by atoms with Crippen molar-refractivity contribution in [2.24, 2.45) is 0 Å². The molecule has 6 nitrogen and oxygen atoms in total. The lowest BCUT2D eigenvalue weighted by atomic mass is 9.95. The minimum atomic E-state index is -0.332. The van der Waals surface area contributed by atoms with Crippen LogP contribution in [0.1, 0.15) is 62.3 Å². The van der Waals surface area contributed by atoms with Crippen LogP contribution >= 0.6 is 15.9 Å². The topological polar surface area (TPSA) is 67.2 Å². The zero-order valence-corrected chi connectivity index (χ0v) is 19.2. The number of rotatable bonds is 5. The maximum absolute atomic E-state index is 13.3. The Hall–Kier alpha value is -2.15. The fourth-order valence-corrected chi connectivity index (χ4v) is 4.09. The molecule has 0 fully saturated rings. The maximum Gasteiger partial charge on any atom is 0.275 e. The maximum atomic E-state index is 13.3. The van der Waals surface area contributed by atoms with Gasteiger partial charge in [-0.05, 0) is 71.6 Å². The first kappa shape index (κ1) is 21.6. The lowest BCUT2D eigenvalue weighted by Crippen LogP contribution is -2.47. The third-order valence-corrected chi connectivity index (χ3v) is 5.45. The third-order valence-electron chi connectivity index (χ3n) is 4.95. The zero-order valence-electron chi connectivity index (χ0n) is 17.6. The Morgan fingerprint density at radius 3 is 2.62 bits per heavy atom. The van der Waals surface area contributed by atoms with Gasteiger partial charge >= 0.3 is 0 Å². The van der Waals surface area contributed by atoms with Gasteiger partial charge in [0.1, 0.15) is 0 Å². The van der Waals surface area contributed by atoms with E-state index in [4.69, 9.17) is 5.10 Å². The average molecular weight is 461 g/mol. The lowest BCUT2D eigenvalue weighted by Gasteiger charge is -2.25. The first-order valence-electron chi connectivity index (χ1n) is 10.2. The molecule has 7 heteroatoms. The highest BCUT2D eigenvalue weighted by Gasteiger charge is 2.29. The van der Waals surface area contributed by atoms with Crippen molar-refractivity contribution in [2.45, 2.75) is 58.9 Å². The molecule has 0 aliphatic heterocycles. The van der Waals surface area contributed by atoms with Gasteiger partial charge in [-0.1, -0.05) is 22.0 Å². The quantitative estimate of drug-likeness (QED) is 0.735. The van der Waals surface area contributed by atoms with Crippen LogP contribution in [-0.4, -0.2) is 45.1 Å². The third kappa shape index (κ3) is 5.07. The van der Waals surface area contributed by atoms with Crippen molar-refractivity contribution in [1.82, 2.24) is 20.0 Å². The summed E-state index contributed by atoms with van der Waals surface area (Å²) < 4.78 is 2.87. The summed E-state index contributed by atoms with van der Waals surface area (Å²) >= 11 is 3.52. The highest BCUT2D eigenvalue weighted by Crippen LogP contribution is 2.28. The van der Waals surface area contributed by atoms with Gasteiger partial charge < -0.3 is 10.2 Å². The summed E-state index contributed by atoms with van der Waals surface area (Å²) in [4.78, 5) is 27.3. The van der Waals surface area contributed by atoms with Gasteiger partial charge in [0.05, 0.1) is 12.2 Å². The predicted octanol–water partition coefficient (Wildman–Crippen LogP) is 3.89. The van der Waals surface area contributed by atoms with Crippen LogP contribution in [0.4, 0.5) is 0 Å². The minimum absolute atomic E-state index is 0.0329. The standard InChI is InChI=1S/C22H29BrN4O2/c1-5-26(14-19(28)24-22(2,3)4)21(29)20-17-11-6-7-12-18(17)27(25-20)16-10-8-9-15(23)13-16/h8-10,13H,5-7,11-12,14H2,1-4H3,(H,24,28). The van der Waals surface area contributed by atoms with Gasteiger partial charge in [-0.3, -0.25) is 9.59 Å². The van der Waals surface area contributed by atoms with Crippen molar-refractivity contribution in [1.29, 1.82) is 0 Å². The molecule has 0 radical (unpaired) electrons. The van der Waals surface area contributed by atoms with Crippen LogP contribution < -0.4 is 5.32 Å². The highest BCUT2D eigenvalue weighted by atomic mass is 79.9. The number of amides is 2. The zero-order chi connectivity index (χ0) is 21.2. The Bertz CT molecular complexity index is 914. The van der Waals surface area contributed by atoms with E-state index in [0.29, 0.717) is 12.2 Å². The summed E-state index contributed by atoms with van der Waals surface area (Å²) in [6, 6.07) is 7.94. The molecule has 1 heterocycles. The molecule has 0 bridgehead atoms. The Morgan fingerprint density at radius 1 is 1.24 bits per heavy atom. The highest BCUT2D eigenvalue weighted by molar-refractivity contribution is 9.10. The molecule has 1 N–H and O–H groups in total. The molecular weight excluding hydrogens is 432 g/mol. The molecule has 3 rings (SSSR count). The van der Waals surface area contributed by atoms with E-state index in [2.05, 4.69) is 21.2 Å². The van der Waals surface area contributed by atoms with E-state index < -0.39 is 0 Å². The number of likely N-dealkylation sites (N-methyl/N-ethyl adjacent to an activating group) is 1. The van der Waals surface area contributed by atoms with Crippen molar-refractivity contribution in [3.05, 3.63) is 45.7 Å². The SMILES string of the molecule is CCN(CC(=O)NC(C)(C)C)C(=O)c1nn(-c2cccc(Br)c2)c2c1CCCC2. The van der Waals surface area contributed by atoms with Crippen LogP contribution in [0.25, 0.3) is 5.69 Å². The van der Waals surface area contributed by atoms with E-state index in [-0.39, 0.29) is 23.9 Å². The molecule has 0 saturated carbocycles. The second-order valence-electron chi connectivity index (χ2n) is 8.49. The molecule has 1 aliphatic rings. The number of fused-ring (bicyclic) bond motifs is 1. The molecule has 1 aromatic carbocycles. The Morgan fingerprint density at radius 2 is 1.97 bits per heavy atom. The van der Waals surface area contributed by atoms with Crippen LogP contribution in [0.3, 0.4) is 0 Å². The average Bonchev–Trinajstić information content (AvgIpc) is 3.04. The van der Waals surface area contributed by atoms with Crippen molar-refractivity contribution in [3.8, 4) is 5.69 Å². The Balaban J connectivity index is 1.93. The van der Waals surface area contributed by atoms with Gasteiger partial charge in [-0.15, -0.1) is 0 Å². The minimum Gasteiger partial charge on any atom is -0.350 e. The molecular formula is C22H29BrN4O2. The number of nitrogens with zero attached hydrogens (tertiary/aromatic N) is 3. The number of benzene rings is 1. The van der Waals surface area contributed by atoms with Crippen molar-refractivity contribution < 1.29 is 9.59 Å². The summed E-state index contributed by atoms with van der Waals surface area (Å²) in [7, 11) is 0. The second kappa shape index (κ2) is 8.69. The molecule has 1 aliphatic carbocycles. The van der Waals surface area contributed by atoms with Crippen LogP contribution in [-0.2, 0) is 17.6 Å². The Kier molecular flexibility index (Phi) is 6.46. The molecule has 0 unspecified atom stereocenters. The molecule has 1 aromatic heterocycles. The van der Waals surface area contributed by atoms with Gasteiger partial charge in [-0.25, -0.2) is 4.68 Å². The summed E-state index contributed by atoms with van der Waals surface area (Å²) in [5.41, 5.74) is 3.21. The van der Waals surface area contributed by atoms with Crippen LogP contribution in [0.2, 0.25) is 0 Å². The normalized spacial score (nSPS) is 13.7. The molecule has 2 aromatic rings. The molecule has 0 spiro atoms. The van der Waals surface area contributed by atoms with E-state index in [9.17, 15) is 9.59 Å². The van der Waals surface area contributed by atoms with Crippen LogP contribution in [0.5, 0.6) is 0 Å². The van der Waals surface area contributed by atoms with E-state index in [0.717, 1.165) is 47.1 Å². The number of nitrogens with one attached hydrogen (secondary N) is 1. The number of hydrogen-bond acceptors (Lipinski definition) is 3. The fourth-order valence-electron chi connectivity index (χ4n) is 3.70. The molecule has 29 heavy (non-hydrogen) atoms. The molecule has 0 saturated heterocycles. The van der Waals surface area contributed by atoms with Crippen molar-refractivity contribution >= 4 is 27.7 Å². The van der Waals surface area contributed by atoms with E-state index in [1.807, 2.05) is 56.6 Å². The molecule has 2 amide bonds. The first-order chi connectivity index (χ1) is 13.7. The summed E-state index contributed by atoms with van der Waals surface area (Å²) in [6.45, 7) is 8.16. The van der Waals surface area contributed by atoms with Crippen LogP contribution in [0.15, 0.2) is 28.7 Å². The summed E-state index contributed by atoms with van der Waals surface area (Å²) in [5.74, 6) is -0.337. The van der Waals surface area contributed by atoms with Gasteiger partial charge in [-0.2, -0.15) is 5.10 Å². The largest absolute Gasteiger partial charge is 0.350 e. The first-order valence-corrected chi connectivity index (χ1v) is 11.0. The smallest absolute Gasteiger partial charge is 0.275 e. The lowest BCUT2D eigenvalue weighted by molar-refractivity contribution is -0.123. The number of hydrogen-bond donors (Lipinski definition) is 1. The number of carbonyl (C=O) groups excluding carboxylic acids is 2. The van der Waals surface area contributed by atoms with Gasteiger partial charge in [0.25, 0.3) is 5.91 Å². The van der Waals surface area contributed by atoms with E-state index in [1.165, 1.54) is 0 Å². The van der Waals surface area contributed by atoms with Gasteiger partial charge in [0.15, 0.2) is 5.69 Å². The number of carbonyl (C=O) groups is 2. The number of aromatic nitrogens is 2. The van der Waals surface area contributed by atoms with Crippen LogP contribution in [0, 0.1) is 0 Å².